The van der Waals surface area contributed by atoms with Crippen molar-refractivity contribution >= 4 is 22.8 Å². The number of halogens is 2. The van der Waals surface area contributed by atoms with Crippen molar-refractivity contribution in [3.63, 3.8) is 0 Å². The number of hydrogen-bond donors (Lipinski definition) is 0. The zero-order valence-corrected chi connectivity index (χ0v) is 18.0. The molecule has 162 valence electrons. The van der Waals surface area contributed by atoms with Gasteiger partial charge in [-0.3, -0.25) is 0 Å². The first-order valence-corrected chi connectivity index (χ1v) is 10.2. The molecule has 0 N–H and O–H groups in total. The van der Waals surface area contributed by atoms with E-state index in [0.717, 1.165) is 16.9 Å². The third kappa shape index (κ3) is 3.54. The van der Waals surface area contributed by atoms with E-state index in [9.17, 15) is 13.6 Å². The summed E-state index contributed by atoms with van der Waals surface area (Å²) >= 11 is 1.16. The number of pyridine rings is 1. The zero-order chi connectivity index (χ0) is 22.3. The van der Waals surface area contributed by atoms with E-state index < -0.39 is 12.5 Å². The van der Waals surface area contributed by atoms with Gasteiger partial charge < -0.3 is 9.47 Å². The van der Waals surface area contributed by atoms with E-state index in [2.05, 4.69) is 15.2 Å². The summed E-state index contributed by atoms with van der Waals surface area (Å²) in [4.78, 5) is 16.9. The average Bonchev–Trinajstić information content (AvgIpc) is 3.43. The molecule has 0 aliphatic heterocycles. The molecule has 4 aromatic rings. The molecule has 11 heteroatoms. The van der Waals surface area contributed by atoms with Crippen LogP contribution in [0.3, 0.4) is 0 Å². The van der Waals surface area contributed by atoms with Crippen molar-refractivity contribution in [3.8, 4) is 27.6 Å². The van der Waals surface area contributed by atoms with Gasteiger partial charge in [-0.05, 0) is 32.9 Å². The second-order valence-corrected chi connectivity index (χ2v) is 7.65. The first kappa shape index (κ1) is 20.9. The summed E-state index contributed by atoms with van der Waals surface area (Å²) in [5.74, 6) is -0.308. The van der Waals surface area contributed by atoms with Gasteiger partial charge in [0.1, 0.15) is 5.01 Å². The van der Waals surface area contributed by atoms with E-state index in [-0.39, 0.29) is 17.4 Å². The Morgan fingerprint density at radius 2 is 2.10 bits per heavy atom. The molecular weight excluding hydrogens is 428 g/mol. The molecule has 0 aromatic carbocycles. The fourth-order valence-electron chi connectivity index (χ4n) is 3.44. The highest BCUT2D eigenvalue weighted by Crippen LogP contribution is 2.36. The lowest BCUT2D eigenvalue weighted by Crippen LogP contribution is -2.04. The number of carbonyl (C=O) groups excluding carboxylic acids is 1. The summed E-state index contributed by atoms with van der Waals surface area (Å²) in [7, 11) is 1.44. The Hall–Kier alpha value is -3.34. The van der Waals surface area contributed by atoms with Crippen molar-refractivity contribution in [1.82, 2.24) is 24.4 Å². The van der Waals surface area contributed by atoms with Crippen LogP contribution in [0.1, 0.15) is 34.5 Å². The smallest absolute Gasteiger partial charge is 0.354 e. The van der Waals surface area contributed by atoms with E-state index in [1.54, 1.807) is 43.7 Å². The molecule has 0 aliphatic carbocycles. The number of esters is 1. The number of nitrogens with zero attached hydrogens (tertiary/aromatic N) is 5. The van der Waals surface area contributed by atoms with E-state index in [4.69, 9.17) is 9.47 Å². The van der Waals surface area contributed by atoms with Crippen LogP contribution in [0.4, 0.5) is 8.78 Å². The fourth-order valence-corrected chi connectivity index (χ4v) is 4.37. The molecule has 0 aliphatic rings. The second kappa shape index (κ2) is 8.06. The summed E-state index contributed by atoms with van der Waals surface area (Å²) in [6.45, 7) is 2.53. The maximum atomic E-state index is 13.3. The highest BCUT2D eigenvalue weighted by atomic mass is 32.1. The van der Waals surface area contributed by atoms with Crippen molar-refractivity contribution in [1.29, 1.82) is 0 Å². The van der Waals surface area contributed by atoms with Gasteiger partial charge in [0.05, 0.1) is 31.1 Å². The lowest BCUT2D eigenvalue weighted by Gasteiger charge is -2.04. The standard InChI is InChI=1S/C20H19F2N5O3S/c1-5-30-19(28)16-17(29-4)24-18(31-16)12-6-7-26-14(8-12)13(9-23-26)15-10(2)25-27(11(15)3)20(21)22/h6-9,20H,5H2,1-4H3. The average molecular weight is 447 g/mol. The van der Waals surface area contributed by atoms with E-state index in [0.29, 0.717) is 37.7 Å². The summed E-state index contributed by atoms with van der Waals surface area (Å²) < 4.78 is 39.2. The third-order valence-corrected chi connectivity index (χ3v) is 5.86. The zero-order valence-electron chi connectivity index (χ0n) is 17.2. The number of fused-ring (bicyclic) bond motifs is 1. The molecule has 0 atom stereocenters. The van der Waals surface area contributed by atoms with Crippen LogP contribution in [0.15, 0.2) is 24.5 Å². The highest BCUT2D eigenvalue weighted by Gasteiger charge is 2.23. The van der Waals surface area contributed by atoms with Crippen LogP contribution in [0.25, 0.3) is 27.2 Å². The first-order chi connectivity index (χ1) is 14.8. The molecule has 0 saturated heterocycles. The van der Waals surface area contributed by atoms with E-state index >= 15 is 0 Å². The quantitative estimate of drug-likeness (QED) is 0.404. The maximum Gasteiger partial charge on any atom is 0.354 e. The van der Waals surface area contributed by atoms with Crippen LogP contribution in [0.5, 0.6) is 5.88 Å². The first-order valence-electron chi connectivity index (χ1n) is 9.39. The molecule has 0 saturated carbocycles. The van der Waals surface area contributed by atoms with E-state index in [1.807, 2.05) is 6.07 Å². The van der Waals surface area contributed by atoms with Crippen molar-refractivity contribution in [3.05, 3.63) is 40.8 Å². The van der Waals surface area contributed by atoms with Crippen LogP contribution >= 0.6 is 11.3 Å². The largest absolute Gasteiger partial charge is 0.480 e. The topological polar surface area (TPSA) is 83.5 Å². The van der Waals surface area contributed by atoms with Crippen molar-refractivity contribution in [2.75, 3.05) is 13.7 Å². The van der Waals surface area contributed by atoms with Crippen LogP contribution in [-0.2, 0) is 4.74 Å². The minimum atomic E-state index is -2.73. The molecule has 8 nitrogen and oxygen atoms in total. The number of ether oxygens (including phenoxy) is 2. The van der Waals surface area contributed by atoms with Gasteiger partial charge in [-0.25, -0.2) is 19.0 Å². The number of alkyl halides is 2. The summed E-state index contributed by atoms with van der Waals surface area (Å²) in [6.07, 6.45) is 3.37. The lowest BCUT2D eigenvalue weighted by molar-refractivity contribution is 0.0525. The van der Waals surface area contributed by atoms with Crippen LogP contribution in [0.2, 0.25) is 0 Å². The Bertz CT molecular complexity index is 1280. The molecule has 0 spiro atoms. The molecule has 0 fully saturated rings. The van der Waals surface area contributed by atoms with Gasteiger partial charge in [0.25, 0.3) is 0 Å². The Morgan fingerprint density at radius 3 is 2.74 bits per heavy atom. The second-order valence-electron chi connectivity index (χ2n) is 6.65. The third-order valence-electron chi connectivity index (χ3n) is 4.80. The Labute approximate surface area is 180 Å². The minimum Gasteiger partial charge on any atom is -0.480 e. The van der Waals surface area contributed by atoms with Gasteiger partial charge in [0.15, 0.2) is 4.88 Å². The summed E-state index contributed by atoms with van der Waals surface area (Å²) in [5, 5.41) is 8.86. The Kier molecular flexibility index (Phi) is 5.44. The molecule has 4 aromatic heterocycles. The van der Waals surface area contributed by atoms with Gasteiger partial charge in [-0.1, -0.05) is 0 Å². The van der Waals surface area contributed by atoms with Crippen LogP contribution in [0, 0.1) is 13.8 Å². The van der Waals surface area contributed by atoms with Crippen molar-refractivity contribution in [2.45, 2.75) is 27.3 Å². The van der Waals surface area contributed by atoms with Crippen molar-refractivity contribution < 1.29 is 23.0 Å². The molecule has 0 bridgehead atoms. The van der Waals surface area contributed by atoms with Crippen LogP contribution in [-0.4, -0.2) is 44.1 Å². The van der Waals surface area contributed by atoms with Crippen molar-refractivity contribution in [2.24, 2.45) is 0 Å². The van der Waals surface area contributed by atoms with Gasteiger partial charge in [-0.2, -0.15) is 19.0 Å². The number of thiazole rings is 1. The molecule has 0 unspecified atom stereocenters. The molecule has 4 heterocycles. The number of methoxy groups -OCH3 is 1. The van der Waals surface area contributed by atoms with Gasteiger partial charge in [0, 0.05) is 28.6 Å². The number of hydrogen-bond acceptors (Lipinski definition) is 7. The van der Waals surface area contributed by atoms with Gasteiger partial charge in [0.2, 0.25) is 5.88 Å². The minimum absolute atomic E-state index is 0.192. The monoisotopic (exact) mass is 447 g/mol. The molecule has 0 radical (unpaired) electrons. The van der Waals surface area contributed by atoms with Gasteiger partial charge in [-0.15, -0.1) is 11.3 Å². The summed E-state index contributed by atoms with van der Waals surface area (Å²) in [5.41, 5.74) is 3.55. The lowest BCUT2D eigenvalue weighted by atomic mass is 10.0. The predicted octanol–water partition coefficient (Wildman–Crippen LogP) is 4.52. The van der Waals surface area contributed by atoms with E-state index in [1.165, 1.54) is 7.11 Å². The predicted molar refractivity (Wildman–Crippen MR) is 111 cm³/mol. The molecular formula is C20H19F2N5O3S. The number of aromatic nitrogens is 5. The highest BCUT2D eigenvalue weighted by molar-refractivity contribution is 7.17. The SMILES string of the molecule is CCOC(=O)c1sc(-c2ccn3ncc(-c4c(C)nn(C(F)F)c4C)c3c2)nc1OC. The normalized spacial score (nSPS) is 11.5. The number of rotatable bonds is 6. The van der Waals surface area contributed by atoms with Crippen LogP contribution < -0.4 is 4.74 Å². The molecule has 0 amide bonds. The Balaban J connectivity index is 1.83. The van der Waals surface area contributed by atoms with Gasteiger partial charge >= 0.3 is 12.5 Å². The Morgan fingerprint density at radius 1 is 1.32 bits per heavy atom. The fraction of sp³-hybridized carbons (Fsp3) is 0.300. The number of aryl methyl sites for hydroxylation is 1. The molecule has 31 heavy (non-hydrogen) atoms. The molecule has 4 rings (SSSR count). The summed E-state index contributed by atoms with van der Waals surface area (Å²) in [6, 6.07) is 3.65. The number of carbonyl (C=O) groups is 1. The maximum absolute atomic E-state index is 13.3.